The summed E-state index contributed by atoms with van der Waals surface area (Å²) in [6.45, 7) is 0. The Labute approximate surface area is 91.2 Å². The highest BCUT2D eigenvalue weighted by Crippen LogP contribution is 2.23. The van der Waals surface area contributed by atoms with Crippen molar-refractivity contribution in [1.29, 1.82) is 0 Å². The second-order valence-corrected chi connectivity index (χ2v) is 3.31. The number of amides is 1. The Morgan fingerprint density at radius 2 is 2.12 bits per heavy atom. The van der Waals surface area contributed by atoms with Gasteiger partial charge in [0.05, 0.1) is 12.7 Å². The molecule has 16 heavy (non-hydrogen) atoms. The van der Waals surface area contributed by atoms with Crippen LogP contribution < -0.4 is 10.5 Å². The quantitative estimate of drug-likeness (QED) is 0.591. The van der Waals surface area contributed by atoms with E-state index in [0.717, 1.165) is 5.52 Å². The number of Topliss-reactive ketones (excluding diaryl/α,β-unsaturated/α-hetero) is 1. The number of hydrogen-bond acceptors (Lipinski definition) is 3. The zero-order valence-corrected chi connectivity index (χ0v) is 8.61. The van der Waals surface area contributed by atoms with Crippen LogP contribution in [0.25, 0.3) is 10.9 Å². The fourth-order valence-corrected chi connectivity index (χ4v) is 1.55. The van der Waals surface area contributed by atoms with E-state index in [2.05, 4.69) is 4.98 Å². The first kappa shape index (κ1) is 10.2. The molecule has 5 nitrogen and oxygen atoms in total. The van der Waals surface area contributed by atoms with E-state index in [9.17, 15) is 9.59 Å². The molecular formula is C11H10N2O3. The van der Waals surface area contributed by atoms with Crippen molar-refractivity contribution in [1.82, 2.24) is 4.98 Å². The largest absolute Gasteiger partial charge is 0.497 e. The molecule has 1 aromatic heterocycles. The van der Waals surface area contributed by atoms with Crippen LogP contribution in [0, 0.1) is 0 Å². The number of ketones is 1. The minimum absolute atomic E-state index is 0.265. The molecule has 1 amide bonds. The summed E-state index contributed by atoms with van der Waals surface area (Å²) in [7, 11) is 1.53. The van der Waals surface area contributed by atoms with E-state index in [-0.39, 0.29) is 5.56 Å². The maximum atomic E-state index is 11.5. The average molecular weight is 218 g/mol. The molecule has 0 aliphatic carbocycles. The normalized spacial score (nSPS) is 10.3. The Morgan fingerprint density at radius 1 is 1.38 bits per heavy atom. The van der Waals surface area contributed by atoms with Gasteiger partial charge in [-0.1, -0.05) is 0 Å². The van der Waals surface area contributed by atoms with Gasteiger partial charge in [-0.3, -0.25) is 9.59 Å². The van der Waals surface area contributed by atoms with E-state index < -0.39 is 11.7 Å². The highest BCUT2D eigenvalue weighted by molar-refractivity contribution is 6.44. The van der Waals surface area contributed by atoms with Gasteiger partial charge in [-0.15, -0.1) is 0 Å². The molecule has 0 aliphatic heterocycles. The molecular weight excluding hydrogens is 208 g/mol. The van der Waals surface area contributed by atoms with Gasteiger partial charge in [-0.05, 0) is 18.2 Å². The van der Waals surface area contributed by atoms with Crippen LogP contribution in [0.1, 0.15) is 10.4 Å². The Bertz CT molecular complexity index is 572. The van der Waals surface area contributed by atoms with Gasteiger partial charge in [0.1, 0.15) is 5.75 Å². The SMILES string of the molecule is COc1ccc2[nH]cc(C(=O)C(N)=O)c2c1. The van der Waals surface area contributed by atoms with Crippen molar-refractivity contribution in [2.75, 3.05) is 7.11 Å². The summed E-state index contributed by atoms with van der Waals surface area (Å²) in [6.07, 6.45) is 1.47. The van der Waals surface area contributed by atoms with Crippen molar-refractivity contribution in [3.8, 4) is 5.75 Å². The van der Waals surface area contributed by atoms with Gasteiger partial charge in [-0.2, -0.15) is 0 Å². The summed E-state index contributed by atoms with van der Waals surface area (Å²) >= 11 is 0. The number of aromatic nitrogens is 1. The number of benzene rings is 1. The lowest BCUT2D eigenvalue weighted by Gasteiger charge is -1.99. The van der Waals surface area contributed by atoms with Crippen LogP contribution >= 0.6 is 0 Å². The summed E-state index contributed by atoms with van der Waals surface area (Å²) in [6, 6.07) is 5.21. The highest BCUT2D eigenvalue weighted by atomic mass is 16.5. The Kier molecular flexibility index (Phi) is 2.36. The minimum atomic E-state index is -0.969. The number of nitrogens with two attached hydrogens (primary N) is 1. The number of primary amides is 1. The molecule has 1 aromatic carbocycles. The number of hydrogen-bond donors (Lipinski definition) is 2. The molecule has 1 heterocycles. The molecule has 82 valence electrons. The van der Waals surface area contributed by atoms with Crippen LogP contribution in [0.15, 0.2) is 24.4 Å². The number of methoxy groups -OCH3 is 1. The van der Waals surface area contributed by atoms with Gasteiger partial charge in [0.2, 0.25) is 0 Å². The number of ether oxygens (including phenoxy) is 1. The molecule has 2 rings (SSSR count). The number of H-pyrrole nitrogens is 1. The molecule has 0 bridgehead atoms. The Balaban J connectivity index is 2.62. The first-order valence-corrected chi connectivity index (χ1v) is 4.62. The predicted octanol–water partition coefficient (Wildman–Crippen LogP) is 0.845. The number of nitrogens with one attached hydrogen (secondary N) is 1. The van der Waals surface area contributed by atoms with Crippen LogP contribution in [-0.4, -0.2) is 23.8 Å². The standard InChI is InChI=1S/C11H10N2O3/c1-16-6-2-3-9-7(4-6)8(5-13-9)10(14)11(12)15/h2-5,13H,1H3,(H2,12,15). The average Bonchev–Trinajstić information content (AvgIpc) is 2.70. The number of carbonyl (C=O) groups excluding carboxylic acids is 2. The van der Waals surface area contributed by atoms with Crippen LogP contribution in [0.5, 0.6) is 5.75 Å². The first-order chi connectivity index (χ1) is 7.63. The van der Waals surface area contributed by atoms with E-state index >= 15 is 0 Å². The topological polar surface area (TPSA) is 85.2 Å². The van der Waals surface area contributed by atoms with Crippen molar-refractivity contribution >= 4 is 22.6 Å². The van der Waals surface area contributed by atoms with Crippen molar-refractivity contribution in [2.45, 2.75) is 0 Å². The molecule has 0 unspecified atom stereocenters. The molecule has 2 aromatic rings. The van der Waals surface area contributed by atoms with Crippen LogP contribution in [0.4, 0.5) is 0 Å². The maximum Gasteiger partial charge on any atom is 0.289 e. The summed E-state index contributed by atoms with van der Waals surface area (Å²) in [5.41, 5.74) is 5.98. The van der Waals surface area contributed by atoms with E-state index in [4.69, 9.17) is 10.5 Å². The third kappa shape index (κ3) is 1.52. The van der Waals surface area contributed by atoms with Crippen molar-refractivity contribution < 1.29 is 14.3 Å². The third-order valence-electron chi connectivity index (χ3n) is 2.36. The minimum Gasteiger partial charge on any atom is -0.497 e. The molecule has 0 saturated heterocycles. The van der Waals surface area contributed by atoms with E-state index in [0.29, 0.717) is 11.1 Å². The summed E-state index contributed by atoms with van der Waals surface area (Å²) in [5.74, 6) is -1.06. The summed E-state index contributed by atoms with van der Waals surface area (Å²) in [4.78, 5) is 25.2. The van der Waals surface area contributed by atoms with E-state index in [1.54, 1.807) is 18.2 Å². The molecule has 0 fully saturated rings. The zero-order valence-electron chi connectivity index (χ0n) is 8.61. The highest BCUT2D eigenvalue weighted by Gasteiger charge is 2.17. The molecule has 3 N–H and O–H groups in total. The predicted molar refractivity (Wildman–Crippen MR) is 58.4 cm³/mol. The molecule has 0 saturated carbocycles. The number of fused-ring (bicyclic) bond motifs is 1. The lowest BCUT2D eigenvalue weighted by molar-refractivity contribution is -0.114. The first-order valence-electron chi connectivity index (χ1n) is 4.62. The summed E-state index contributed by atoms with van der Waals surface area (Å²) < 4.78 is 5.05. The number of rotatable bonds is 3. The van der Waals surface area contributed by atoms with E-state index in [1.807, 2.05) is 0 Å². The van der Waals surface area contributed by atoms with Gasteiger partial charge in [0.15, 0.2) is 0 Å². The Hall–Kier alpha value is -2.30. The monoisotopic (exact) mass is 218 g/mol. The Morgan fingerprint density at radius 3 is 2.75 bits per heavy atom. The van der Waals surface area contributed by atoms with Gasteiger partial charge < -0.3 is 15.5 Å². The van der Waals surface area contributed by atoms with Crippen LogP contribution in [0.2, 0.25) is 0 Å². The van der Waals surface area contributed by atoms with Crippen molar-refractivity contribution in [3.63, 3.8) is 0 Å². The molecule has 0 aliphatic rings. The van der Waals surface area contributed by atoms with Gasteiger partial charge in [0.25, 0.3) is 11.7 Å². The molecule has 0 atom stereocenters. The number of aromatic amines is 1. The van der Waals surface area contributed by atoms with Crippen LogP contribution in [-0.2, 0) is 4.79 Å². The van der Waals surface area contributed by atoms with Crippen molar-refractivity contribution in [2.24, 2.45) is 5.73 Å². The zero-order chi connectivity index (χ0) is 11.7. The lowest BCUT2D eigenvalue weighted by Crippen LogP contribution is -2.22. The maximum absolute atomic E-state index is 11.5. The van der Waals surface area contributed by atoms with E-state index in [1.165, 1.54) is 13.3 Å². The fourth-order valence-electron chi connectivity index (χ4n) is 1.55. The molecule has 5 heteroatoms. The molecule has 0 spiro atoms. The van der Waals surface area contributed by atoms with Gasteiger partial charge in [0, 0.05) is 17.1 Å². The summed E-state index contributed by atoms with van der Waals surface area (Å²) in [5, 5.41) is 0.628. The van der Waals surface area contributed by atoms with Crippen molar-refractivity contribution in [3.05, 3.63) is 30.0 Å². The second kappa shape index (κ2) is 3.69. The van der Waals surface area contributed by atoms with Crippen LogP contribution in [0.3, 0.4) is 0 Å². The molecule has 0 radical (unpaired) electrons. The third-order valence-corrected chi connectivity index (χ3v) is 2.36. The second-order valence-electron chi connectivity index (χ2n) is 3.31. The fraction of sp³-hybridized carbons (Fsp3) is 0.0909. The van der Waals surface area contributed by atoms with Gasteiger partial charge in [-0.25, -0.2) is 0 Å². The number of carbonyl (C=O) groups is 2. The smallest absolute Gasteiger partial charge is 0.289 e. The lowest BCUT2D eigenvalue weighted by atomic mass is 10.1. The van der Waals surface area contributed by atoms with Gasteiger partial charge >= 0.3 is 0 Å².